The molecule has 0 radical (unpaired) electrons. The van der Waals surface area contributed by atoms with E-state index in [0.29, 0.717) is 5.13 Å². The summed E-state index contributed by atoms with van der Waals surface area (Å²) in [6.45, 7) is 5.88. The minimum absolute atomic E-state index is 0.109. The van der Waals surface area contributed by atoms with Crippen LogP contribution < -0.4 is 10.6 Å². The Hall–Kier alpha value is -2.28. The fraction of sp³-hybridized carbons (Fsp3) is 0.375. The highest BCUT2D eigenvalue weighted by Crippen LogP contribution is 2.17. The molecule has 0 bridgehead atoms. The van der Waals surface area contributed by atoms with Gasteiger partial charge in [-0.25, -0.2) is 0 Å². The van der Waals surface area contributed by atoms with Crippen molar-refractivity contribution in [1.29, 1.82) is 0 Å². The van der Waals surface area contributed by atoms with Crippen molar-refractivity contribution in [1.82, 2.24) is 10.2 Å². The molecule has 0 fully saturated rings. The summed E-state index contributed by atoms with van der Waals surface area (Å²) in [6, 6.07) is 5.87. The highest BCUT2D eigenvalue weighted by atomic mass is 32.1. The second-order valence-corrected chi connectivity index (χ2v) is 6.33. The van der Waals surface area contributed by atoms with Gasteiger partial charge in [-0.05, 0) is 37.5 Å². The Labute approximate surface area is 139 Å². The normalized spacial score (nSPS) is 10.4. The third-order valence-electron chi connectivity index (χ3n) is 3.26. The van der Waals surface area contributed by atoms with Crippen LogP contribution in [0, 0.1) is 13.8 Å². The second-order valence-electron chi connectivity index (χ2n) is 5.27. The smallest absolute Gasteiger partial charge is 0.226 e. The first-order valence-corrected chi connectivity index (χ1v) is 8.29. The van der Waals surface area contributed by atoms with Gasteiger partial charge in [0.2, 0.25) is 16.9 Å². The van der Waals surface area contributed by atoms with E-state index in [4.69, 9.17) is 0 Å². The van der Waals surface area contributed by atoms with Gasteiger partial charge in [0.1, 0.15) is 5.01 Å². The molecule has 0 aliphatic rings. The summed E-state index contributed by atoms with van der Waals surface area (Å²) in [6.07, 6.45) is 1.02. The zero-order chi connectivity index (χ0) is 16.8. The van der Waals surface area contributed by atoms with Gasteiger partial charge in [-0.2, -0.15) is 0 Å². The molecule has 23 heavy (non-hydrogen) atoms. The number of carbonyl (C=O) groups excluding carboxylic acids is 2. The second kappa shape index (κ2) is 7.82. The molecule has 0 spiro atoms. The Morgan fingerprint density at radius 1 is 1.09 bits per heavy atom. The Bertz CT molecular complexity index is 712. The highest BCUT2D eigenvalue weighted by Gasteiger charge is 2.11. The maximum absolute atomic E-state index is 12.0. The lowest BCUT2D eigenvalue weighted by Gasteiger charge is -2.09. The Morgan fingerprint density at radius 3 is 2.43 bits per heavy atom. The van der Waals surface area contributed by atoms with E-state index >= 15 is 0 Å². The Morgan fingerprint density at radius 2 is 1.78 bits per heavy atom. The van der Waals surface area contributed by atoms with Crippen molar-refractivity contribution in [2.45, 2.75) is 40.0 Å². The van der Waals surface area contributed by atoms with Gasteiger partial charge in [0.15, 0.2) is 0 Å². The Kier molecular flexibility index (Phi) is 5.81. The molecule has 1 heterocycles. The predicted molar refractivity (Wildman–Crippen MR) is 91.7 cm³/mol. The lowest BCUT2D eigenvalue weighted by Crippen LogP contribution is -2.17. The minimum Gasteiger partial charge on any atom is -0.326 e. The van der Waals surface area contributed by atoms with Gasteiger partial charge in [0.25, 0.3) is 0 Å². The monoisotopic (exact) mass is 332 g/mol. The molecule has 0 aliphatic heterocycles. The van der Waals surface area contributed by atoms with Crippen molar-refractivity contribution >= 4 is 34.0 Å². The average Bonchev–Trinajstić information content (AvgIpc) is 2.96. The summed E-state index contributed by atoms with van der Waals surface area (Å²) in [5.41, 5.74) is 2.85. The van der Waals surface area contributed by atoms with Crippen molar-refractivity contribution in [2.24, 2.45) is 0 Å². The van der Waals surface area contributed by atoms with Crippen LogP contribution in [0.25, 0.3) is 0 Å². The Balaban J connectivity index is 1.81. The summed E-state index contributed by atoms with van der Waals surface area (Å²) in [5, 5.41) is 14.7. The molecular weight excluding hydrogens is 312 g/mol. The van der Waals surface area contributed by atoms with Crippen LogP contribution in [0.5, 0.6) is 0 Å². The molecule has 1 aromatic carbocycles. The highest BCUT2D eigenvalue weighted by molar-refractivity contribution is 7.15. The van der Waals surface area contributed by atoms with Gasteiger partial charge in [-0.3, -0.25) is 9.59 Å². The van der Waals surface area contributed by atoms with Crippen molar-refractivity contribution in [3.05, 3.63) is 34.3 Å². The number of nitrogens with one attached hydrogen (secondary N) is 2. The molecule has 0 saturated carbocycles. The van der Waals surface area contributed by atoms with Crippen LogP contribution in [-0.2, 0) is 16.0 Å². The number of carbonyl (C=O) groups is 2. The van der Waals surface area contributed by atoms with Crippen molar-refractivity contribution in [3.8, 4) is 0 Å². The number of rotatable bonds is 6. The first-order valence-electron chi connectivity index (χ1n) is 7.47. The van der Waals surface area contributed by atoms with E-state index in [1.54, 1.807) is 0 Å². The fourth-order valence-corrected chi connectivity index (χ4v) is 2.63. The molecule has 1 aromatic heterocycles. The molecule has 122 valence electrons. The lowest BCUT2D eigenvalue weighted by atomic mass is 10.1. The van der Waals surface area contributed by atoms with Crippen molar-refractivity contribution in [3.63, 3.8) is 0 Å². The molecule has 7 heteroatoms. The van der Waals surface area contributed by atoms with Gasteiger partial charge in [0.05, 0.1) is 0 Å². The van der Waals surface area contributed by atoms with Crippen LogP contribution >= 0.6 is 11.3 Å². The van der Waals surface area contributed by atoms with Gasteiger partial charge < -0.3 is 10.6 Å². The minimum atomic E-state index is -0.236. The summed E-state index contributed by atoms with van der Waals surface area (Å²) in [7, 11) is 0. The molecular formula is C16H20N4O2S. The van der Waals surface area contributed by atoms with Crippen LogP contribution in [0.15, 0.2) is 18.2 Å². The van der Waals surface area contributed by atoms with Gasteiger partial charge >= 0.3 is 0 Å². The van der Waals surface area contributed by atoms with E-state index in [-0.39, 0.29) is 24.7 Å². The maximum Gasteiger partial charge on any atom is 0.226 e. The number of benzene rings is 1. The van der Waals surface area contributed by atoms with E-state index in [1.165, 1.54) is 11.3 Å². The summed E-state index contributed by atoms with van der Waals surface area (Å²) < 4.78 is 0. The number of hydrogen-bond acceptors (Lipinski definition) is 5. The fourth-order valence-electron chi connectivity index (χ4n) is 1.94. The zero-order valence-electron chi connectivity index (χ0n) is 13.5. The van der Waals surface area contributed by atoms with Gasteiger partial charge in [-0.15, -0.1) is 10.2 Å². The largest absolute Gasteiger partial charge is 0.326 e. The average molecular weight is 332 g/mol. The number of nitrogens with zero attached hydrogens (tertiary/aromatic N) is 2. The summed E-state index contributed by atoms with van der Waals surface area (Å²) in [5.74, 6) is -0.416. The summed E-state index contributed by atoms with van der Waals surface area (Å²) in [4.78, 5) is 23.8. The van der Waals surface area contributed by atoms with Crippen molar-refractivity contribution < 1.29 is 9.59 Å². The zero-order valence-corrected chi connectivity index (χ0v) is 14.3. The van der Waals surface area contributed by atoms with E-state index in [1.807, 2.05) is 39.0 Å². The molecule has 0 aliphatic carbocycles. The molecule has 2 rings (SSSR count). The topological polar surface area (TPSA) is 84.0 Å². The molecule has 0 saturated heterocycles. The number of hydrogen-bond donors (Lipinski definition) is 2. The molecule has 6 nitrogen and oxygen atoms in total. The van der Waals surface area contributed by atoms with Crippen molar-refractivity contribution in [2.75, 3.05) is 10.6 Å². The van der Waals surface area contributed by atoms with Crippen LogP contribution in [0.3, 0.4) is 0 Å². The number of aromatic nitrogens is 2. The molecule has 0 atom stereocenters. The summed E-state index contributed by atoms with van der Waals surface area (Å²) >= 11 is 1.35. The predicted octanol–water partition coefficient (Wildman–Crippen LogP) is 3.07. The molecule has 0 unspecified atom stereocenters. The third-order valence-corrected chi connectivity index (χ3v) is 4.24. The van der Waals surface area contributed by atoms with Crippen LogP contribution in [-0.4, -0.2) is 22.0 Å². The SMILES string of the molecule is CCc1nnc(NC(=O)CCC(=O)Nc2cc(C)ccc2C)s1. The number of anilines is 2. The lowest BCUT2D eigenvalue weighted by molar-refractivity contribution is -0.121. The molecule has 2 aromatic rings. The van der Waals surface area contributed by atoms with Gasteiger partial charge in [-0.1, -0.05) is 30.4 Å². The standard InChI is InChI=1S/C16H20N4O2S/c1-4-15-19-20-16(23-15)18-14(22)8-7-13(21)17-12-9-10(2)5-6-11(12)3/h5-6,9H,4,7-8H2,1-3H3,(H,17,21)(H,18,20,22). The van der Waals surface area contributed by atoms with Gasteiger partial charge in [0, 0.05) is 18.5 Å². The quantitative estimate of drug-likeness (QED) is 0.851. The number of amides is 2. The molecule has 2 N–H and O–H groups in total. The van der Waals surface area contributed by atoms with E-state index in [9.17, 15) is 9.59 Å². The van der Waals surface area contributed by atoms with E-state index < -0.39 is 0 Å². The van der Waals surface area contributed by atoms with Crippen LogP contribution in [0.4, 0.5) is 10.8 Å². The first-order chi connectivity index (χ1) is 11.0. The first kappa shape index (κ1) is 17.1. The van der Waals surface area contributed by atoms with E-state index in [2.05, 4.69) is 20.8 Å². The van der Waals surface area contributed by atoms with Crippen LogP contribution in [0.1, 0.15) is 35.9 Å². The van der Waals surface area contributed by atoms with Crippen LogP contribution in [0.2, 0.25) is 0 Å². The van der Waals surface area contributed by atoms with E-state index in [0.717, 1.165) is 28.2 Å². The third kappa shape index (κ3) is 5.14. The molecule has 2 amide bonds. The number of aryl methyl sites for hydroxylation is 3. The maximum atomic E-state index is 12.0.